The molecule has 0 radical (unpaired) electrons. The van der Waals surface area contributed by atoms with Gasteiger partial charge in [0.05, 0.1) is 5.92 Å². The molecule has 1 amide bonds. The first-order valence-electron chi connectivity index (χ1n) is 8.31. The van der Waals surface area contributed by atoms with E-state index in [4.69, 9.17) is 0 Å². The van der Waals surface area contributed by atoms with E-state index >= 15 is 0 Å². The van der Waals surface area contributed by atoms with E-state index in [2.05, 4.69) is 62.3 Å². The van der Waals surface area contributed by atoms with Gasteiger partial charge in [-0.3, -0.25) is 9.69 Å². The number of pyridine rings is 1. The van der Waals surface area contributed by atoms with E-state index in [1.54, 1.807) is 6.20 Å². The number of nitrogens with one attached hydrogen (secondary N) is 1. The van der Waals surface area contributed by atoms with Crippen LogP contribution in [0.3, 0.4) is 0 Å². The second-order valence-corrected chi connectivity index (χ2v) is 7.27. The molecule has 1 aromatic heterocycles. The van der Waals surface area contributed by atoms with Crippen LogP contribution in [0.5, 0.6) is 0 Å². The van der Waals surface area contributed by atoms with E-state index in [1.165, 1.54) is 11.1 Å². The van der Waals surface area contributed by atoms with Crippen LogP contribution in [0.2, 0.25) is 0 Å². The van der Waals surface area contributed by atoms with E-state index in [-0.39, 0.29) is 11.8 Å². The van der Waals surface area contributed by atoms with Gasteiger partial charge in [0.1, 0.15) is 5.82 Å². The minimum Gasteiger partial charge on any atom is -0.310 e. The number of anilines is 1. The van der Waals surface area contributed by atoms with Crippen LogP contribution in [-0.4, -0.2) is 28.9 Å². The molecular formula is C19H22BrN3O. The van der Waals surface area contributed by atoms with Crippen LogP contribution < -0.4 is 5.32 Å². The Kier molecular flexibility index (Phi) is 5.63. The van der Waals surface area contributed by atoms with Crippen molar-refractivity contribution in [1.82, 2.24) is 9.88 Å². The van der Waals surface area contributed by atoms with Gasteiger partial charge in [0.25, 0.3) is 0 Å². The van der Waals surface area contributed by atoms with Crippen molar-refractivity contribution in [3.05, 3.63) is 58.2 Å². The molecule has 0 bridgehead atoms. The van der Waals surface area contributed by atoms with Gasteiger partial charge >= 0.3 is 0 Å². The Balaban J connectivity index is 1.59. The molecule has 2 heterocycles. The number of likely N-dealkylation sites (tertiary alicyclic amines) is 1. The summed E-state index contributed by atoms with van der Waals surface area (Å²) in [6.45, 7) is 4.90. The number of carbonyl (C=O) groups is 1. The number of halogens is 1. The number of rotatable bonds is 4. The van der Waals surface area contributed by atoms with Crippen LogP contribution in [0, 0.1) is 12.8 Å². The van der Waals surface area contributed by atoms with E-state index < -0.39 is 0 Å². The molecule has 1 unspecified atom stereocenters. The molecule has 1 aliphatic heterocycles. The maximum absolute atomic E-state index is 12.5. The fraction of sp³-hybridized carbons (Fsp3) is 0.368. The Labute approximate surface area is 151 Å². The highest BCUT2D eigenvalue weighted by atomic mass is 79.9. The van der Waals surface area contributed by atoms with Crippen LogP contribution >= 0.6 is 15.9 Å². The fourth-order valence-corrected chi connectivity index (χ4v) is 3.35. The first-order chi connectivity index (χ1) is 11.6. The lowest BCUT2D eigenvalue weighted by Crippen LogP contribution is -2.40. The van der Waals surface area contributed by atoms with E-state index in [0.717, 1.165) is 36.9 Å². The molecule has 0 spiro atoms. The van der Waals surface area contributed by atoms with Gasteiger partial charge < -0.3 is 5.32 Å². The van der Waals surface area contributed by atoms with Crippen molar-refractivity contribution in [1.29, 1.82) is 0 Å². The number of amides is 1. The average Bonchev–Trinajstić information content (AvgIpc) is 2.59. The van der Waals surface area contributed by atoms with E-state index in [1.807, 2.05) is 12.1 Å². The molecule has 1 aromatic carbocycles. The van der Waals surface area contributed by atoms with Crippen LogP contribution in [0.25, 0.3) is 0 Å². The summed E-state index contributed by atoms with van der Waals surface area (Å²) in [7, 11) is 0. The number of hydrogen-bond acceptors (Lipinski definition) is 3. The maximum atomic E-state index is 12.5. The molecule has 1 saturated heterocycles. The van der Waals surface area contributed by atoms with Crippen molar-refractivity contribution in [3.63, 3.8) is 0 Å². The topological polar surface area (TPSA) is 45.2 Å². The molecule has 1 aliphatic rings. The molecule has 1 N–H and O–H groups in total. The third kappa shape index (κ3) is 4.42. The maximum Gasteiger partial charge on any atom is 0.229 e. The summed E-state index contributed by atoms with van der Waals surface area (Å²) in [5.41, 5.74) is 2.65. The van der Waals surface area contributed by atoms with Crippen molar-refractivity contribution in [2.75, 3.05) is 18.4 Å². The molecule has 3 rings (SSSR count). The minimum atomic E-state index is 0.0215. The quantitative estimate of drug-likeness (QED) is 0.861. The Hall–Kier alpha value is -1.72. The van der Waals surface area contributed by atoms with Gasteiger partial charge in [-0.1, -0.05) is 24.3 Å². The van der Waals surface area contributed by atoms with Crippen LogP contribution in [0.4, 0.5) is 5.82 Å². The zero-order chi connectivity index (χ0) is 16.9. The summed E-state index contributed by atoms with van der Waals surface area (Å²) in [5.74, 6) is 0.701. The monoisotopic (exact) mass is 387 g/mol. The van der Waals surface area contributed by atoms with Gasteiger partial charge in [-0.25, -0.2) is 4.98 Å². The summed E-state index contributed by atoms with van der Waals surface area (Å²) >= 11 is 3.35. The van der Waals surface area contributed by atoms with Crippen LogP contribution in [0.1, 0.15) is 24.0 Å². The Bertz CT molecular complexity index is 702. The largest absolute Gasteiger partial charge is 0.310 e. The second-order valence-electron chi connectivity index (χ2n) is 6.35. The van der Waals surface area contributed by atoms with Crippen molar-refractivity contribution >= 4 is 27.7 Å². The number of nitrogens with zero attached hydrogens (tertiary/aromatic N) is 2. The van der Waals surface area contributed by atoms with Gasteiger partial charge in [0.15, 0.2) is 0 Å². The number of piperidine rings is 1. The number of aromatic nitrogens is 1. The molecular weight excluding hydrogens is 366 g/mol. The minimum absolute atomic E-state index is 0.0215. The lowest BCUT2D eigenvalue weighted by molar-refractivity contribution is -0.121. The zero-order valence-electron chi connectivity index (χ0n) is 13.8. The van der Waals surface area contributed by atoms with E-state index in [9.17, 15) is 4.79 Å². The zero-order valence-corrected chi connectivity index (χ0v) is 15.4. The highest BCUT2D eigenvalue weighted by Crippen LogP contribution is 2.21. The summed E-state index contributed by atoms with van der Waals surface area (Å²) in [6, 6.07) is 12.2. The summed E-state index contributed by atoms with van der Waals surface area (Å²) in [4.78, 5) is 19.1. The van der Waals surface area contributed by atoms with Crippen molar-refractivity contribution < 1.29 is 4.79 Å². The van der Waals surface area contributed by atoms with Crippen LogP contribution in [-0.2, 0) is 11.3 Å². The number of hydrogen-bond donors (Lipinski definition) is 1. The fourth-order valence-electron chi connectivity index (χ4n) is 3.12. The molecule has 4 nitrogen and oxygen atoms in total. The molecule has 0 saturated carbocycles. The molecule has 1 atom stereocenters. The number of benzene rings is 1. The van der Waals surface area contributed by atoms with E-state index in [0.29, 0.717) is 5.82 Å². The lowest BCUT2D eigenvalue weighted by Gasteiger charge is -2.32. The molecule has 1 fully saturated rings. The van der Waals surface area contributed by atoms with Gasteiger partial charge in [-0.2, -0.15) is 0 Å². The highest BCUT2D eigenvalue weighted by molar-refractivity contribution is 9.10. The summed E-state index contributed by atoms with van der Waals surface area (Å²) in [6.07, 6.45) is 3.69. The molecule has 24 heavy (non-hydrogen) atoms. The highest BCUT2D eigenvalue weighted by Gasteiger charge is 2.26. The lowest BCUT2D eigenvalue weighted by atomic mass is 9.96. The first kappa shape index (κ1) is 17.1. The summed E-state index contributed by atoms with van der Waals surface area (Å²) < 4.78 is 0.905. The first-order valence-corrected chi connectivity index (χ1v) is 9.10. The van der Waals surface area contributed by atoms with Gasteiger partial charge in [0.2, 0.25) is 5.91 Å². The van der Waals surface area contributed by atoms with Crippen molar-refractivity contribution in [2.24, 2.45) is 5.92 Å². The molecule has 2 aromatic rings. The molecule has 0 aliphatic carbocycles. The predicted octanol–water partition coefficient (Wildman–Crippen LogP) is 4.00. The Morgan fingerprint density at radius 1 is 1.33 bits per heavy atom. The summed E-state index contributed by atoms with van der Waals surface area (Å²) in [5, 5.41) is 2.94. The smallest absolute Gasteiger partial charge is 0.229 e. The SMILES string of the molecule is Cc1ccccc1CN1CCCC(C(=O)Nc2ccc(Br)cn2)C1. The van der Waals surface area contributed by atoms with Crippen LogP contribution in [0.15, 0.2) is 47.1 Å². The van der Waals surface area contributed by atoms with Gasteiger partial charge in [-0.15, -0.1) is 0 Å². The molecule has 5 heteroatoms. The van der Waals surface area contributed by atoms with Crippen molar-refractivity contribution in [2.45, 2.75) is 26.3 Å². The molecule has 126 valence electrons. The third-order valence-electron chi connectivity index (χ3n) is 4.51. The Morgan fingerprint density at radius 3 is 2.92 bits per heavy atom. The second kappa shape index (κ2) is 7.90. The predicted molar refractivity (Wildman–Crippen MR) is 99.7 cm³/mol. The number of aryl methyl sites for hydroxylation is 1. The van der Waals surface area contributed by atoms with Crippen molar-refractivity contribution in [3.8, 4) is 0 Å². The standard InChI is InChI=1S/C19H22BrN3O/c1-14-5-2-3-6-15(14)12-23-10-4-7-16(13-23)19(24)22-18-9-8-17(20)11-21-18/h2-3,5-6,8-9,11,16H,4,7,10,12-13H2,1H3,(H,21,22,24). The van der Waals surface area contributed by atoms with Gasteiger partial charge in [0, 0.05) is 23.8 Å². The third-order valence-corrected chi connectivity index (χ3v) is 4.98. The average molecular weight is 388 g/mol. The number of carbonyl (C=O) groups excluding carboxylic acids is 1. The normalized spacial score (nSPS) is 18.3. The Morgan fingerprint density at radius 2 is 2.17 bits per heavy atom. The van der Waals surface area contributed by atoms with Gasteiger partial charge in [-0.05, 0) is 65.5 Å².